The number of hydrogen-bond donors (Lipinski definition) is 1. The Balaban J connectivity index is 1.76. The van der Waals surface area contributed by atoms with Crippen LogP contribution in [-0.4, -0.2) is 15.5 Å². The van der Waals surface area contributed by atoms with Gasteiger partial charge in [0.25, 0.3) is 5.56 Å². The molecule has 4 aromatic rings. The van der Waals surface area contributed by atoms with Crippen molar-refractivity contribution in [3.05, 3.63) is 80.2 Å². The minimum Gasteiger partial charge on any atom is -0.323 e. The van der Waals surface area contributed by atoms with Gasteiger partial charge in [-0.2, -0.15) is 0 Å². The van der Waals surface area contributed by atoms with Crippen LogP contribution in [0.2, 0.25) is 5.02 Å². The van der Waals surface area contributed by atoms with Gasteiger partial charge in [-0.05, 0) is 44.0 Å². The van der Waals surface area contributed by atoms with E-state index < -0.39 is 0 Å². The SMILES string of the molecule is Cc1ccc(C)c(-c2c(C)sc3ncn(CC(=O)Nc4ccccc4Cl)c(=O)c23)c1. The standard InChI is InChI=1S/C23H20ClN3O2S/c1-13-8-9-14(2)16(10-13)20-15(3)30-22-21(20)23(29)27(12-25-22)11-19(28)26-18-7-5-4-6-17(18)24/h4-10,12H,11H2,1-3H3,(H,26,28). The lowest BCUT2D eigenvalue weighted by Crippen LogP contribution is -2.27. The molecule has 30 heavy (non-hydrogen) atoms. The van der Waals surface area contributed by atoms with Gasteiger partial charge in [-0.1, -0.05) is 47.5 Å². The predicted molar refractivity (Wildman–Crippen MR) is 124 cm³/mol. The molecule has 0 spiro atoms. The molecule has 0 bridgehead atoms. The van der Waals surface area contributed by atoms with Crippen LogP contribution in [0.25, 0.3) is 21.3 Å². The van der Waals surface area contributed by atoms with E-state index in [0.717, 1.165) is 27.1 Å². The second kappa shape index (κ2) is 8.05. The number of rotatable bonds is 4. The maximum absolute atomic E-state index is 13.3. The second-order valence-corrected chi connectivity index (χ2v) is 8.85. The van der Waals surface area contributed by atoms with Crippen molar-refractivity contribution in [3.8, 4) is 11.1 Å². The molecule has 152 valence electrons. The Morgan fingerprint density at radius 2 is 1.93 bits per heavy atom. The molecule has 0 fully saturated rings. The number of thiophene rings is 1. The van der Waals surface area contributed by atoms with Gasteiger partial charge in [-0.25, -0.2) is 4.98 Å². The van der Waals surface area contributed by atoms with Crippen molar-refractivity contribution in [2.75, 3.05) is 5.32 Å². The Hall–Kier alpha value is -2.96. The van der Waals surface area contributed by atoms with Crippen LogP contribution in [0, 0.1) is 20.8 Å². The van der Waals surface area contributed by atoms with Crippen LogP contribution in [0.15, 0.2) is 53.6 Å². The second-order valence-electron chi connectivity index (χ2n) is 7.24. The van der Waals surface area contributed by atoms with Gasteiger partial charge in [-0.3, -0.25) is 14.2 Å². The largest absolute Gasteiger partial charge is 0.323 e. The maximum Gasteiger partial charge on any atom is 0.263 e. The molecule has 0 unspecified atom stereocenters. The summed E-state index contributed by atoms with van der Waals surface area (Å²) < 4.78 is 1.34. The predicted octanol–water partition coefficient (Wildman–Crippen LogP) is 5.34. The third kappa shape index (κ3) is 3.76. The molecule has 0 aliphatic heterocycles. The normalized spacial score (nSPS) is 11.1. The van der Waals surface area contributed by atoms with Gasteiger partial charge in [-0.15, -0.1) is 11.3 Å². The highest BCUT2D eigenvalue weighted by Crippen LogP contribution is 2.37. The van der Waals surface area contributed by atoms with E-state index in [1.54, 1.807) is 24.3 Å². The van der Waals surface area contributed by atoms with Crippen LogP contribution in [0.1, 0.15) is 16.0 Å². The molecule has 4 rings (SSSR count). The number of nitrogens with one attached hydrogen (secondary N) is 1. The van der Waals surface area contributed by atoms with E-state index in [0.29, 0.717) is 20.9 Å². The molecule has 0 radical (unpaired) electrons. The molecule has 2 heterocycles. The lowest BCUT2D eigenvalue weighted by molar-refractivity contribution is -0.116. The van der Waals surface area contributed by atoms with E-state index in [1.807, 2.05) is 20.8 Å². The molecule has 0 saturated carbocycles. The molecule has 1 amide bonds. The van der Waals surface area contributed by atoms with Gasteiger partial charge in [0.1, 0.15) is 11.4 Å². The van der Waals surface area contributed by atoms with Crippen LogP contribution in [-0.2, 0) is 11.3 Å². The van der Waals surface area contributed by atoms with Crippen molar-refractivity contribution < 1.29 is 4.79 Å². The lowest BCUT2D eigenvalue weighted by Gasteiger charge is -2.10. The lowest BCUT2D eigenvalue weighted by atomic mass is 9.97. The molecule has 1 N–H and O–H groups in total. The van der Waals surface area contributed by atoms with Crippen LogP contribution in [0.3, 0.4) is 0 Å². The van der Waals surface area contributed by atoms with Crippen LogP contribution in [0.4, 0.5) is 5.69 Å². The number of para-hydroxylation sites is 1. The van der Waals surface area contributed by atoms with E-state index in [1.165, 1.54) is 22.2 Å². The molecule has 5 nitrogen and oxygen atoms in total. The Bertz CT molecular complexity index is 1340. The van der Waals surface area contributed by atoms with E-state index >= 15 is 0 Å². The van der Waals surface area contributed by atoms with Gasteiger partial charge in [0.15, 0.2) is 0 Å². The summed E-state index contributed by atoms with van der Waals surface area (Å²) >= 11 is 7.60. The minimum atomic E-state index is -0.341. The van der Waals surface area contributed by atoms with Gasteiger partial charge in [0.2, 0.25) is 5.91 Å². The number of fused-ring (bicyclic) bond motifs is 1. The minimum absolute atomic E-state index is 0.145. The third-order valence-corrected chi connectivity index (χ3v) is 6.32. The first-order valence-corrected chi connectivity index (χ1v) is 10.6. The Kier molecular flexibility index (Phi) is 5.45. The van der Waals surface area contributed by atoms with Crippen molar-refractivity contribution in [2.24, 2.45) is 0 Å². The first-order chi connectivity index (χ1) is 14.3. The fourth-order valence-electron chi connectivity index (χ4n) is 3.49. The highest BCUT2D eigenvalue weighted by Gasteiger charge is 2.19. The third-order valence-electron chi connectivity index (χ3n) is 4.98. The summed E-state index contributed by atoms with van der Waals surface area (Å²) in [6.07, 6.45) is 1.43. The molecule has 0 aliphatic rings. The van der Waals surface area contributed by atoms with E-state index in [2.05, 4.69) is 28.5 Å². The fourth-order valence-corrected chi connectivity index (χ4v) is 4.67. The first kappa shape index (κ1) is 20.3. The zero-order chi connectivity index (χ0) is 21.4. The van der Waals surface area contributed by atoms with Gasteiger partial charge in [0, 0.05) is 10.4 Å². The molecule has 0 aliphatic carbocycles. The Morgan fingerprint density at radius 1 is 1.17 bits per heavy atom. The van der Waals surface area contributed by atoms with Crippen molar-refractivity contribution in [3.63, 3.8) is 0 Å². The summed E-state index contributed by atoms with van der Waals surface area (Å²) in [7, 11) is 0. The quantitative estimate of drug-likeness (QED) is 0.468. The zero-order valence-electron chi connectivity index (χ0n) is 16.8. The number of halogens is 1. The molecular weight excluding hydrogens is 418 g/mol. The molecule has 2 aromatic heterocycles. The average Bonchev–Trinajstić information content (AvgIpc) is 3.04. The van der Waals surface area contributed by atoms with E-state index in [4.69, 9.17) is 11.6 Å². The fraction of sp³-hybridized carbons (Fsp3) is 0.174. The number of amides is 1. The van der Waals surface area contributed by atoms with Crippen molar-refractivity contribution >= 4 is 44.7 Å². The van der Waals surface area contributed by atoms with Gasteiger partial charge >= 0.3 is 0 Å². The topological polar surface area (TPSA) is 64.0 Å². The number of hydrogen-bond acceptors (Lipinski definition) is 4. The first-order valence-electron chi connectivity index (χ1n) is 9.45. The van der Waals surface area contributed by atoms with Crippen molar-refractivity contribution in [1.82, 2.24) is 9.55 Å². The average molecular weight is 438 g/mol. The summed E-state index contributed by atoms with van der Waals surface area (Å²) in [5, 5.41) is 3.74. The number of carbonyl (C=O) groups is 1. The van der Waals surface area contributed by atoms with E-state index in [-0.39, 0.29) is 18.0 Å². The van der Waals surface area contributed by atoms with E-state index in [9.17, 15) is 9.59 Å². The maximum atomic E-state index is 13.3. The number of carbonyl (C=O) groups excluding carboxylic acids is 1. The van der Waals surface area contributed by atoms with Crippen molar-refractivity contribution in [2.45, 2.75) is 27.3 Å². The molecule has 2 aromatic carbocycles. The number of nitrogens with zero attached hydrogens (tertiary/aromatic N) is 2. The molecular formula is C23H20ClN3O2S. The zero-order valence-corrected chi connectivity index (χ0v) is 18.4. The summed E-state index contributed by atoms with van der Waals surface area (Å²) in [5.74, 6) is -0.341. The van der Waals surface area contributed by atoms with Crippen LogP contribution in [0.5, 0.6) is 0 Å². The molecule has 0 atom stereocenters. The number of aromatic nitrogens is 2. The van der Waals surface area contributed by atoms with Crippen LogP contribution >= 0.6 is 22.9 Å². The highest BCUT2D eigenvalue weighted by atomic mass is 35.5. The summed E-state index contributed by atoms with van der Waals surface area (Å²) in [5.41, 5.74) is 4.42. The summed E-state index contributed by atoms with van der Waals surface area (Å²) in [4.78, 5) is 32.0. The summed E-state index contributed by atoms with van der Waals surface area (Å²) in [6.45, 7) is 5.91. The smallest absolute Gasteiger partial charge is 0.263 e. The number of anilines is 1. The molecule has 0 saturated heterocycles. The Morgan fingerprint density at radius 3 is 2.70 bits per heavy atom. The monoisotopic (exact) mass is 437 g/mol. The number of benzene rings is 2. The van der Waals surface area contributed by atoms with Gasteiger partial charge in [0.05, 0.1) is 22.4 Å². The van der Waals surface area contributed by atoms with Gasteiger partial charge < -0.3 is 5.32 Å². The van der Waals surface area contributed by atoms with Crippen molar-refractivity contribution in [1.29, 1.82) is 0 Å². The highest BCUT2D eigenvalue weighted by molar-refractivity contribution is 7.19. The summed E-state index contributed by atoms with van der Waals surface area (Å²) in [6, 6.07) is 13.2. The number of aryl methyl sites for hydroxylation is 3. The molecule has 7 heteroatoms. The Labute approximate surface area is 183 Å². The van der Waals surface area contributed by atoms with Crippen LogP contribution < -0.4 is 10.9 Å².